The summed E-state index contributed by atoms with van der Waals surface area (Å²) in [7, 11) is 0. The van der Waals surface area contributed by atoms with Gasteiger partial charge in [0.25, 0.3) is 5.91 Å². The maximum atomic E-state index is 12.9. The quantitative estimate of drug-likeness (QED) is 0.517. The van der Waals surface area contributed by atoms with Gasteiger partial charge >= 0.3 is 0 Å². The smallest absolute Gasteiger partial charge is 0.252 e. The summed E-state index contributed by atoms with van der Waals surface area (Å²) in [5, 5.41) is 3.91. The molecule has 0 unspecified atom stereocenters. The fourth-order valence-corrected chi connectivity index (χ4v) is 3.29. The highest BCUT2D eigenvalue weighted by Gasteiger charge is 2.13. The van der Waals surface area contributed by atoms with E-state index in [-0.39, 0.29) is 5.91 Å². The van der Waals surface area contributed by atoms with Crippen LogP contribution >= 0.6 is 0 Å². The number of rotatable bonds is 6. The Balaban J connectivity index is 1.58. The first-order valence-corrected chi connectivity index (χ1v) is 9.41. The van der Waals surface area contributed by atoms with E-state index in [1.54, 1.807) is 12.5 Å². The molecular formula is C23H22N4O. The van der Waals surface area contributed by atoms with Gasteiger partial charge in [-0.05, 0) is 31.5 Å². The fraction of sp³-hybridized carbons (Fsp3) is 0.174. The zero-order chi connectivity index (χ0) is 19.3. The predicted octanol–water partition coefficient (Wildman–Crippen LogP) is 4.23. The van der Waals surface area contributed by atoms with Gasteiger partial charge in [-0.3, -0.25) is 4.79 Å². The largest absolute Gasteiger partial charge is 0.352 e. The number of carbonyl (C=O) groups excluding carboxylic acids is 1. The van der Waals surface area contributed by atoms with Crippen LogP contribution in [-0.2, 0) is 6.54 Å². The van der Waals surface area contributed by atoms with Gasteiger partial charge < -0.3 is 9.88 Å². The number of benzene rings is 2. The van der Waals surface area contributed by atoms with Crippen molar-refractivity contribution in [2.24, 2.45) is 0 Å². The Kier molecular flexibility index (Phi) is 5.15. The van der Waals surface area contributed by atoms with E-state index in [9.17, 15) is 4.79 Å². The monoisotopic (exact) mass is 370 g/mol. The minimum Gasteiger partial charge on any atom is -0.352 e. The molecule has 0 saturated heterocycles. The number of imidazole rings is 1. The Morgan fingerprint density at radius 3 is 2.82 bits per heavy atom. The first kappa shape index (κ1) is 17.9. The highest BCUT2D eigenvalue weighted by Crippen LogP contribution is 2.25. The zero-order valence-electron chi connectivity index (χ0n) is 15.8. The molecule has 0 spiro atoms. The maximum Gasteiger partial charge on any atom is 0.252 e. The summed E-state index contributed by atoms with van der Waals surface area (Å²) in [6, 6.07) is 17.8. The Morgan fingerprint density at radius 2 is 2.00 bits per heavy atom. The molecule has 0 aliphatic heterocycles. The first-order valence-electron chi connectivity index (χ1n) is 9.41. The van der Waals surface area contributed by atoms with Crippen LogP contribution in [0.1, 0.15) is 22.3 Å². The molecule has 0 fully saturated rings. The minimum absolute atomic E-state index is 0.0712. The third-order valence-corrected chi connectivity index (χ3v) is 4.71. The molecule has 0 aliphatic rings. The average molecular weight is 370 g/mol. The van der Waals surface area contributed by atoms with Gasteiger partial charge in [-0.1, -0.05) is 42.0 Å². The van der Waals surface area contributed by atoms with Gasteiger partial charge in [0, 0.05) is 36.4 Å². The van der Waals surface area contributed by atoms with Crippen molar-refractivity contribution in [3.05, 3.63) is 84.4 Å². The summed E-state index contributed by atoms with van der Waals surface area (Å²) in [5.74, 6) is -0.0712. The number of hydrogen-bond acceptors (Lipinski definition) is 3. The van der Waals surface area contributed by atoms with Gasteiger partial charge in [0.1, 0.15) is 0 Å². The summed E-state index contributed by atoms with van der Waals surface area (Å²) < 4.78 is 2.00. The summed E-state index contributed by atoms with van der Waals surface area (Å²) in [4.78, 5) is 21.7. The highest BCUT2D eigenvalue weighted by molar-refractivity contribution is 6.07. The lowest BCUT2D eigenvalue weighted by Crippen LogP contribution is -2.25. The highest BCUT2D eigenvalue weighted by atomic mass is 16.1. The summed E-state index contributed by atoms with van der Waals surface area (Å²) >= 11 is 0. The molecule has 140 valence electrons. The molecule has 2 aromatic carbocycles. The number of nitrogens with zero attached hydrogens (tertiary/aromatic N) is 3. The topological polar surface area (TPSA) is 59.8 Å². The number of nitrogens with one attached hydrogen (secondary N) is 1. The molecule has 5 heteroatoms. The molecule has 28 heavy (non-hydrogen) atoms. The normalized spacial score (nSPS) is 10.9. The number of fused-ring (bicyclic) bond motifs is 1. The molecule has 5 nitrogen and oxygen atoms in total. The molecule has 4 aromatic rings. The molecule has 0 atom stereocenters. The van der Waals surface area contributed by atoms with Gasteiger partial charge in [0.15, 0.2) is 0 Å². The van der Waals surface area contributed by atoms with Gasteiger partial charge in [0.05, 0.1) is 23.1 Å². The van der Waals surface area contributed by atoms with Crippen molar-refractivity contribution >= 4 is 16.8 Å². The maximum absolute atomic E-state index is 12.9. The van der Waals surface area contributed by atoms with E-state index in [1.165, 1.54) is 0 Å². The number of carbonyl (C=O) groups is 1. The minimum atomic E-state index is -0.0712. The average Bonchev–Trinajstić information content (AvgIpc) is 3.24. The van der Waals surface area contributed by atoms with Crippen LogP contribution in [0.25, 0.3) is 22.2 Å². The Labute approximate surface area is 164 Å². The number of amides is 1. The molecule has 1 N–H and O–H groups in total. The summed E-state index contributed by atoms with van der Waals surface area (Å²) in [6.07, 6.45) is 6.31. The molecule has 0 radical (unpaired) electrons. The molecule has 2 heterocycles. The predicted molar refractivity (Wildman–Crippen MR) is 111 cm³/mol. The summed E-state index contributed by atoms with van der Waals surface area (Å²) in [5.41, 5.74) is 4.47. The fourth-order valence-electron chi connectivity index (χ4n) is 3.29. The van der Waals surface area contributed by atoms with Crippen LogP contribution in [0.3, 0.4) is 0 Å². The Hall–Kier alpha value is -3.47. The van der Waals surface area contributed by atoms with E-state index in [1.807, 2.05) is 53.2 Å². The van der Waals surface area contributed by atoms with Crippen molar-refractivity contribution < 1.29 is 4.79 Å². The molecule has 2 aromatic heterocycles. The Bertz CT molecular complexity index is 1100. The van der Waals surface area contributed by atoms with Crippen molar-refractivity contribution in [2.45, 2.75) is 19.9 Å². The van der Waals surface area contributed by atoms with Gasteiger partial charge in [0.2, 0.25) is 0 Å². The van der Waals surface area contributed by atoms with Crippen LogP contribution in [0.2, 0.25) is 0 Å². The number of para-hydroxylation sites is 1. The number of aromatic nitrogens is 3. The number of pyridine rings is 1. The Morgan fingerprint density at radius 1 is 1.11 bits per heavy atom. The van der Waals surface area contributed by atoms with Crippen molar-refractivity contribution in [3.8, 4) is 11.3 Å². The van der Waals surface area contributed by atoms with Crippen molar-refractivity contribution in [1.29, 1.82) is 0 Å². The van der Waals surface area contributed by atoms with Crippen LogP contribution in [-0.4, -0.2) is 27.0 Å². The van der Waals surface area contributed by atoms with Crippen molar-refractivity contribution in [1.82, 2.24) is 19.9 Å². The van der Waals surface area contributed by atoms with Crippen molar-refractivity contribution in [3.63, 3.8) is 0 Å². The van der Waals surface area contributed by atoms with E-state index in [0.717, 1.165) is 40.7 Å². The van der Waals surface area contributed by atoms with Crippen LogP contribution in [0.4, 0.5) is 0 Å². The molecule has 0 saturated carbocycles. The van der Waals surface area contributed by atoms with E-state index in [2.05, 4.69) is 29.4 Å². The standard InChI is InChI=1S/C23H22N4O/c1-17-6-4-7-18(14-17)22-15-20(19-8-2-3-9-21(19)26-22)23(28)25-10-5-12-27-13-11-24-16-27/h2-4,6-9,11,13-16H,5,10,12H2,1H3,(H,25,28). The molecule has 4 rings (SSSR count). The third kappa shape index (κ3) is 3.93. The molecule has 0 aliphatic carbocycles. The van der Waals surface area contributed by atoms with E-state index in [0.29, 0.717) is 12.1 Å². The summed E-state index contributed by atoms with van der Waals surface area (Å²) in [6.45, 7) is 3.48. The SMILES string of the molecule is Cc1cccc(-c2cc(C(=O)NCCCn3ccnc3)c3ccccc3n2)c1. The van der Waals surface area contributed by atoms with Crippen LogP contribution in [0, 0.1) is 6.92 Å². The van der Waals surface area contributed by atoms with E-state index in [4.69, 9.17) is 4.98 Å². The molecule has 0 bridgehead atoms. The second-order valence-corrected chi connectivity index (χ2v) is 6.85. The lowest BCUT2D eigenvalue weighted by atomic mass is 10.0. The van der Waals surface area contributed by atoms with E-state index < -0.39 is 0 Å². The van der Waals surface area contributed by atoms with Crippen LogP contribution in [0.5, 0.6) is 0 Å². The van der Waals surface area contributed by atoms with E-state index >= 15 is 0 Å². The second-order valence-electron chi connectivity index (χ2n) is 6.85. The molecule has 1 amide bonds. The van der Waals surface area contributed by atoms with Gasteiger partial charge in [-0.15, -0.1) is 0 Å². The van der Waals surface area contributed by atoms with Crippen molar-refractivity contribution in [2.75, 3.05) is 6.54 Å². The van der Waals surface area contributed by atoms with Gasteiger partial charge in [-0.2, -0.15) is 0 Å². The lowest BCUT2D eigenvalue weighted by Gasteiger charge is -2.11. The first-order chi connectivity index (χ1) is 13.7. The second kappa shape index (κ2) is 8.05. The lowest BCUT2D eigenvalue weighted by molar-refractivity contribution is 0.0954. The van der Waals surface area contributed by atoms with Crippen LogP contribution < -0.4 is 5.32 Å². The van der Waals surface area contributed by atoms with Crippen LogP contribution in [0.15, 0.2) is 73.3 Å². The van der Waals surface area contributed by atoms with Gasteiger partial charge in [-0.25, -0.2) is 9.97 Å². The zero-order valence-corrected chi connectivity index (χ0v) is 15.8. The molecular weight excluding hydrogens is 348 g/mol. The number of hydrogen-bond donors (Lipinski definition) is 1. The number of aryl methyl sites for hydroxylation is 2. The third-order valence-electron chi connectivity index (χ3n) is 4.71.